The zero-order valence-electron chi connectivity index (χ0n) is 9.75. The lowest BCUT2D eigenvalue weighted by molar-refractivity contribution is 0.429. The van der Waals surface area contributed by atoms with Gasteiger partial charge in [-0.25, -0.2) is 0 Å². The van der Waals surface area contributed by atoms with Crippen LogP contribution in [-0.2, 0) is 0 Å². The topological polar surface area (TPSA) is 78.1 Å². The number of nitrogens with two attached hydrogens (primary N) is 1. The molecule has 3 rings (SSSR count). The van der Waals surface area contributed by atoms with Crippen molar-refractivity contribution in [3.8, 4) is 23.0 Å². The van der Waals surface area contributed by atoms with Crippen LogP contribution >= 0.6 is 0 Å². The molecular formula is C13H11N3O2. The number of aromatic nitrogens is 2. The number of hydrogen-bond acceptors (Lipinski definition) is 5. The maximum Gasteiger partial charge on any atom is 0.260 e. The Kier molecular flexibility index (Phi) is 2.37. The minimum atomic E-state index is 0.388. The molecule has 0 saturated heterocycles. The van der Waals surface area contributed by atoms with E-state index in [-0.39, 0.29) is 0 Å². The van der Waals surface area contributed by atoms with E-state index < -0.39 is 0 Å². The maximum atomic E-state index is 5.86. The molecule has 0 aliphatic heterocycles. The van der Waals surface area contributed by atoms with Crippen LogP contribution in [0.1, 0.15) is 5.56 Å². The van der Waals surface area contributed by atoms with Crippen molar-refractivity contribution in [1.29, 1.82) is 0 Å². The smallest absolute Gasteiger partial charge is 0.260 e. The summed E-state index contributed by atoms with van der Waals surface area (Å²) in [5.41, 5.74) is 8.14. The minimum absolute atomic E-state index is 0.388. The number of rotatable bonds is 2. The molecule has 2 aromatic heterocycles. The van der Waals surface area contributed by atoms with Crippen molar-refractivity contribution < 1.29 is 8.94 Å². The molecule has 0 bridgehead atoms. The van der Waals surface area contributed by atoms with Gasteiger partial charge in [-0.15, -0.1) is 0 Å². The largest absolute Gasteiger partial charge is 0.461 e. The van der Waals surface area contributed by atoms with Crippen molar-refractivity contribution in [1.82, 2.24) is 10.1 Å². The zero-order valence-corrected chi connectivity index (χ0v) is 9.75. The van der Waals surface area contributed by atoms with Gasteiger partial charge in [0.1, 0.15) is 0 Å². The molecule has 3 aromatic rings. The predicted molar refractivity (Wildman–Crippen MR) is 66.6 cm³/mol. The highest BCUT2D eigenvalue weighted by atomic mass is 16.5. The van der Waals surface area contributed by atoms with E-state index in [2.05, 4.69) is 10.1 Å². The molecule has 0 unspecified atom stereocenters. The van der Waals surface area contributed by atoms with Gasteiger partial charge in [-0.05, 0) is 30.7 Å². The van der Waals surface area contributed by atoms with E-state index in [0.717, 1.165) is 11.1 Å². The van der Waals surface area contributed by atoms with Gasteiger partial charge in [0, 0.05) is 5.69 Å². The standard InChI is InChI=1S/C13H11N3O2/c1-8-6-7-17-11(8)12-15-13(18-16-12)9-4-2-3-5-10(9)14/h2-7H,14H2,1H3. The molecule has 0 aliphatic rings. The highest BCUT2D eigenvalue weighted by molar-refractivity contribution is 5.71. The van der Waals surface area contributed by atoms with E-state index in [0.29, 0.717) is 23.2 Å². The van der Waals surface area contributed by atoms with Gasteiger partial charge >= 0.3 is 0 Å². The molecule has 0 saturated carbocycles. The molecule has 0 amide bonds. The first-order chi connectivity index (χ1) is 8.75. The van der Waals surface area contributed by atoms with Crippen molar-refractivity contribution >= 4 is 5.69 Å². The Labute approximate surface area is 103 Å². The van der Waals surface area contributed by atoms with Gasteiger partial charge in [-0.2, -0.15) is 4.98 Å². The summed E-state index contributed by atoms with van der Waals surface area (Å²) in [7, 11) is 0. The van der Waals surface area contributed by atoms with Gasteiger partial charge in [0.2, 0.25) is 5.82 Å². The quantitative estimate of drug-likeness (QED) is 0.698. The highest BCUT2D eigenvalue weighted by Crippen LogP contribution is 2.27. The molecule has 0 aliphatic carbocycles. The summed E-state index contributed by atoms with van der Waals surface area (Å²) >= 11 is 0. The van der Waals surface area contributed by atoms with Crippen LogP contribution in [0.15, 0.2) is 45.5 Å². The first-order valence-corrected chi connectivity index (χ1v) is 5.49. The van der Waals surface area contributed by atoms with Crippen LogP contribution in [0.2, 0.25) is 0 Å². The van der Waals surface area contributed by atoms with Crippen LogP contribution in [0.25, 0.3) is 23.0 Å². The monoisotopic (exact) mass is 241 g/mol. The first kappa shape index (κ1) is 10.6. The van der Waals surface area contributed by atoms with Crippen LogP contribution < -0.4 is 5.73 Å². The SMILES string of the molecule is Cc1ccoc1-c1noc(-c2ccccc2N)n1. The molecule has 1 aromatic carbocycles. The molecule has 2 N–H and O–H groups in total. The molecule has 90 valence electrons. The maximum absolute atomic E-state index is 5.86. The molecular weight excluding hydrogens is 230 g/mol. The fourth-order valence-corrected chi connectivity index (χ4v) is 1.72. The normalized spacial score (nSPS) is 10.7. The summed E-state index contributed by atoms with van der Waals surface area (Å²) in [6.45, 7) is 1.92. The van der Waals surface area contributed by atoms with E-state index in [1.807, 2.05) is 31.2 Å². The molecule has 0 radical (unpaired) electrons. The van der Waals surface area contributed by atoms with Gasteiger partial charge in [0.05, 0.1) is 11.8 Å². The number of anilines is 1. The van der Waals surface area contributed by atoms with Crippen molar-refractivity contribution in [2.45, 2.75) is 6.92 Å². The molecule has 0 fully saturated rings. The lowest BCUT2D eigenvalue weighted by Gasteiger charge is -1.97. The number of benzene rings is 1. The molecule has 18 heavy (non-hydrogen) atoms. The van der Waals surface area contributed by atoms with Crippen LogP contribution in [-0.4, -0.2) is 10.1 Å². The molecule has 2 heterocycles. The molecule has 5 nitrogen and oxygen atoms in total. The molecule has 0 spiro atoms. The second-order valence-electron chi connectivity index (χ2n) is 3.94. The Bertz CT molecular complexity index is 685. The van der Waals surface area contributed by atoms with Crippen LogP contribution in [0, 0.1) is 6.92 Å². The second-order valence-corrected chi connectivity index (χ2v) is 3.94. The van der Waals surface area contributed by atoms with Crippen LogP contribution in [0.5, 0.6) is 0 Å². The average molecular weight is 241 g/mol. The Morgan fingerprint density at radius 2 is 2.00 bits per heavy atom. The van der Waals surface area contributed by atoms with E-state index in [4.69, 9.17) is 14.7 Å². The third-order valence-electron chi connectivity index (χ3n) is 2.68. The lowest BCUT2D eigenvalue weighted by Crippen LogP contribution is -1.89. The molecule has 0 atom stereocenters. The van der Waals surface area contributed by atoms with E-state index in [1.54, 1.807) is 12.3 Å². The molecule has 5 heteroatoms. The Morgan fingerprint density at radius 1 is 1.17 bits per heavy atom. The second kappa shape index (κ2) is 4.03. The van der Waals surface area contributed by atoms with Crippen molar-refractivity contribution in [2.24, 2.45) is 0 Å². The van der Waals surface area contributed by atoms with Gasteiger partial charge in [0.25, 0.3) is 5.89 Å². The van der Waals surface area contributed by atoms with Crippen molar-refractivity contribution in [2.75, 3.05) is 5.73 Å². The summed E-state index contributed by atoms with van der Waals surface area (Å²) in [4.78, 5) is 4.29. The highest BCUT2D eigenvalue weighted by Gasteiger charge is 2.15. The number of nitrogen functional groups attached to an aromatic ring is 1. The number of furan rings is 1. The summed E-state index contributed by atoms with van der Waals surface area (Å²) in [6.07, 6.45) is 1.59. The van der Waals surface area contributed by atoms with Gasteiger partial charge < -0.3 is 14.7 Å². The Balaban J connectivity index is 2.05. The third kappa shape index (κ3) is 1.66. The summed E-state index contributed by atoms with van der Waals surface area (Å²) < 4.78 is 10.5. The first-order valence-electron chi connectivity index (χ1n) is 5.49. The van der Waals surface area contributed by atoms with Gasteiger partial charge in [-0.1, -0.05) is 17.3 Å². The fourth-order valence-electron chi connectivity index (χ4n) is 1.72. The van der Waals surface area contributed by atoms with Crippen LogP contribution in [0.4, 0.5) is 5.69 Å². The lowest BCUT2D eigenvalue weighted by atomic mass is 10.2. The Hall–Kier alpha value is -2.56. The van der Waals surface area contributed by atoms with E-state index in [9.17, 15) is 0 Å². The Morgan fingerprint density at radius 3 is 2.72 bits per heavy atom. The number of aryl methyl sites for hydroxylation is 1. The fraction of sp³-hybridized carbons (Fsp3) is 0.0769. The van der Waals surface area contributed by atoms with E-state index >= 15 is 0 Å². The average Bonchev–Trinajstić information content (AvgIpc) is 2.98. The summed E-state index contributed by atoms with van der Waals surface area (Å²) in [6, 6.07) is 9.20. The minimum Gasteiger partial charge on any atom is -0.461 e. The van der Waals surface area contributed by atoms with Crippen LogP contribution in [0.3, 0.4) is 0 Å². The number of hydrogen-bond donors (Lipinski definition) is 1. The summed E-state index contributed by atoms with van der Waals surface area (Å²) in [5, 5.41) is 3.90. The number of para-hydroxylation sites is 1. The predicted octanol–water partition coefficient (Wildman–Crippen LogP) is 2.89. The number of nitrogens with zero attached hydrogens (tertiary/aromatic N) is 2. The van der Waals surface area contributed by atoms with Crippen molar-refractivity contribution in [3.05, 3.63) is 42.2 Å². The zero-order chi connectivity index (χ0) is 12.5. The van der Waals surface area contributed by atoms with Crippen molar-refractivity contribution in [3.63, 3.8) is 0 Å². The third-order valence-corrected chi connectivity index (χ3v) is 2.68. The summed E-state index contributed by atoms with van der Waals surface area (Å²) in [5.74, 6) is 1.43. The van der Waals surface area contributed by atoms with Gasteiger partial charge in [-0.3, -0.25) is 0 Å². The van der Waals surface area contributed by atoms with E-state index in [1.165, 1.54) is 0 Å². The van der Waals surface area contributed by atoms with Gasteiger partial charge in [0.15, 0.2) is 5.76 Å².